The number of amides is 1. The molecule has 0 saturated heterocycles. The number of rotatable bonds is 3. The van der Waals surface area contributed by atoms with Crippen molar-refractivity contribution in [3.8, 4) is 0 Å². The second-order valence-electron chi connectivity index (χ2n) is 6.50. The number of carbonyl (C=O) groups is 1. The van der Waals surface area contributed by atoms with Crippen LogP contribution in [0.1, 0.15) is 38.8 Å². The van der Waals surface area contributed by atoms with Crippen LogP contribution < -0.4 is 10.6 Å². The number of hydrogen-bond acceptors (Lipinski definition) is 2. The van der Waals surface area contributed by atoms with Crippen LogP contribution in [0.5, 0.6) is 0 Å². The number of hydrogen-bond donors (Lipinski definition) is 2. The highest BCUT2D eigenvalue weighted by atomic mass is 16.2. The van der Waals surface area contributed by atoms with E-state index in [0.29, 0.717) is 6.04 Å². The topological polar surface area (TPSA) is 41.1 Å². The summed E-state index contributed by atoms with van der Waals surface area (Å²) in [7, 11) is 0. The molecule has 2 rings (SSSR count). The van der Waals surface area contributed by atoms with Gasteiger partial charge in [0.15, 0.2) is 0 Å². The van der Waals surface area contributed by atoms with Gasteiger partial charge < -0.3 is 10.6 Å². The van der Waals surface area contributed by atoms with E-state index in [1.807, 2.05) is 27.7 Å². The van der Waals surface area contributed by atoms with Crippen molar-refractivity contribution in [2.75, 3.05) is 0 Å². The van der Waals surface area contributed by atoms with E-state index < -0.39 is 0 Å². The second kappa shape index (κ2) is 5.33. The molecule has 3 nitrogen and oxygen atoms in total. The maximum Gasteiger partial charge on any atom is 0.237 e. The summed E-state index contributed by atoms with van der Waals surface area (Å²) in [6.07, 6.45) is 2.03. The van der Waals surface area contributed by atoms with Crippen molar-refractivity contribution in [2.24, 2.45) is 0 Å². The van der Waals surface area contributed by atoms with Crippen LogP contribution in [-0.2, 0) is 17.6 Å². The molecule has 0 aliphatic heterocycles. The molecule has 1 unspecified atom stereocenters. The molecule has 1 aromatic rings. The summed E-state index contributed by atoms with van der Waals surface area (Å²) in [5, 5.41) is 6.45. The first kappa shape index (κ1) is 14.1. The van der Waals surface area contributed by atoms with Gasteiger partial charge >= 0.3 is 0 Å². The predicted molar refractivity (Wildman–Crippen MR) is 78.1 cm³/mol. The molecule has 0 radical (unpaired) electrons. The molecule has 2 N–H and O–H groups in total. The molecule has 1 aliphatic carbocycles. The van der Waals surface area contributed by atoms with Crippen molar-refractivity contribution in [1.29, 1.82) is 0 Å². The number of carbonyl (C=O) groups excluding carboxylic acids is 1. The molecule has 0 spiro atoms. The van der Waals surface area contributed by atoms with Gasteiger partial charge in [-0.2, -0.15) is 0 Å². The fourth-order valence-electron chi connectivity index (χ4n) is 2.58. The molecule has 1 aromatic carbocycles. The van der Waals surface area contributed by atoms with Crippen LogP contribution in [0.15, 0.2) is 24.3 Å². The van der Waals surface area contributed by atoms with E-state index in [1.165, 1.54) is 11.1 Å². The maximum atomic E-state index is 12.0. The van der Waals surface area contributed by atoms with Crippen molar-refractivity contribution in [2.45, 2.75) is 58.2 Å². The molecule has 1 aliphatic rings. The Balaban J connectivity index is 1.88. The smallest absolute Gasteiger partial charge is 0.237 e. The minimum absolute atomic E-state index is 0.0726. The molecular weight excluding hydrogens is 236 g/mol. The highest BCUT2D eigenvalue weighted by Gasteiger charge is 2.25. The van der Waals surface area contributed by atoms with Gasteiger partial charge in [0.2, 0.25) is 5.91 Å². The Labute approximate surface area is 115 Å². The Bertz CT molecular complexity index is 437. The van der Waals surface area contributed by atoms with Crippen molar-refractivity contribution >= 4 is 5.91 Å². The van der Waals surface area contributed by atoms with Crippen LogP contribution in [0.3, 0.4) is 0 Å². The first-order valence-electron chi connectivity index (χ1n) is 7.00. The highest BCUT2D eigenvalue weighted by Crippen LogP contribution is 2.21. The van der Waals surface area contributed by atoms with E-state index >= 15 is 0 Å². The molecule has 1 atom stereocenters. The quantitative estimate of drug-likeness (QED) is 0.873. The molecule has 1 amide bonds. The molecule has 0 saturated carbocycles. The zero-order valence-electron chi connectivity index (χ0n) is 12.3. The van der Waals surface area contributed by atoms with Crippen molar-refractivity contribution in [1.82, 2.24) is 10.6 Å². The Morgan fingerprint density at radius 1 is 1.21 bits per heavy atom. The first-order valence-corrected chi connectivity index (χ1v) is 7.00. The maximum absolute atomic E-state index is 12.0. The summed E-state index contributed by atoms with van der Waals surface area (Å²) < 4.78 is 0. The molecule has 0 bridgehead atoms. The van der Waals surface area contributed by atoms with Gasteiger partial charge in [0.1, 0.15) is 0 Å². The van der Waals surface area contributed by atoms with Gasteiger partial charge in [-0.3, -0.25) is 4.79 Å². The number of nitrogens with one attached hydrogen (secondary N) is 2. The van der Waals surface area contributed by atoms with Gasteiger partial charge in [-0.05, 0) is 51.7 Å². The minimum Gasteiger partial charge on any atom is -0.350 e. The Morgan fingerprint density at radius 2 is 1.74 bits per heavy atom. The largest absolute Gasteiger partial charge is 0.350 e. The molecule has 0 fully saturated rings. The summed E-state index contributed by atoms with van der Waals surface area (Å²) in [6, 6.07) is 8.73. The van der Waals surface area contributed by atoms with Gasteiger partial charge in [-0.15, -0.1) is 0 Å². The Hall–Kier alpha value is -1.35. The lowest BCUT2D eigenvalue weighted by Crippen LogP contribution is -2.52. The first-order chi connectivity index (χ1) is 8.85. The molecule has 0 heterocycles. The Kier molecular flexibility index (Phi) is 3.95. The fraction of sp³-hybridized carbons (Fsp3) is 0.562. The summed E-state index contributed by atoms with van der Waals surface area (Å²) in [5.41, 5.74) is 2.64. The van der Waals surface area contributed by atoms with Gasteiger partial charge in [0.25, 0.3) is 0 Å². The van der Waals surface area contributed by atoms with Crippen LogP contribution in [0.25, 0.3) is 0 Å². The van der Waals surface area contributed by atoms with Gasteiger partial charge in [-0.25, -0.2) is 0 Å². The van der Waals surface area contributed by atoms with E-state index in [4.69, 9.17) is 0 Å². The van der Waals surface area contributed by atoms with Gasteiger partial charge in [0.05, 0.1) is 6.04 Å². The normalized spacial score (nSPS) is 17.1. The average molecular weight is 260 g/mol. The molecule has 3 heteroatoms. The van der Waals surface area contributed by atoms with Gasteiger partial charge in [0, 0.05) is 11.6 Å². The average Bonchev–Trinajstić information content (AvgIpc) is 2.68. The van der Waals surface area contributed by atoms with E-state index in [-0.39, 0.29) is 17.5 Å². The third-order valence-corrected chi connectivity index (χ3v) is 3.43. The second-order valence-corrected chi connectivity index (χ2v) is 6.50. The summed E-state index contributed by atoms with van der Waals surface area (Å²) in [4.78, 5) is 12.0. The summed E-state index contributed by atoms with van der Waals surface area (Å²) >= 11 is 0. The number of benzene rings is 1. The lowest BCUT2D eigenvalue weighted by Gasteiger charge is -2.25. The SMILES string of the molecule is CC(NC1Cc2ccccc2C1)C(=O)NC(C)(C)C. The molecule has 0 aromatic heterocycles. The van der Waals surface area contributed by atoms with Crippen LogP contribution in [0.2, 0.25) is 0 Å². The molecule has 104 valence electrons. The summed E-state index contributed by atoms with van der Waals surface area (Å²) in [6.45, 7) is 7.94. The highest BCUT2D eigenvalue weighted by molar-refractivity contribution is 5.82. The van der Waals surface area contributed by atoms with Crippen LogP contribution in [-0.4, -0.2) is 23.5 Å². The standard InChI is InChI=1S/C16H24N2O/c1-11(15(19)18-16(2,3)4)17-14-9-12-7-5-6-8-13(12)10-14/h5-8,11,14,17H,9-10H2,1-4H3,(H,18,19). The third kappa shape index (κ3) is 3.80. The molecule has 19 heavy (non-hydrogen) atoms. The lowest BCUT2D eigenvalue weighted by atomic mass is 10.1. The van der Waals surface area contributed by atoms with E-state index in [0.717, 1.165) is 12.8 Å². The van der Waals surface area contributed by atoms with Crippen molar-refractivity contribution in [3.05, 3.63) is 35.4 Å². The zero-order valence-corrected chi connectivity index (χ0v) is 12.3. The van der Waals surface area contributed by atoms with Crippen molar-refractivity contribution < 1.29 is 4.79 Å². The zero-order chi connectivity index (χ0) is 14.0. The van der Waals surface area contributed by atoms with E-state index in [1.54, 1.807) is 0 Å². The van der Waals surface area contributed by atoms with E-state index in [2.05, 4.69) is 34.9 Å². The van der Waals surface area contributed by atoms with E-state index in [9.17, 15) is 4.79 Å². The van der Waals surface area contributed by atoms with Crippen LogP contribution in [0, 0.1) is 0 Å². The van der Waals surface area contributed by atoms with Crippen molar-refractivity contribution in [3.63, 3.8) is 0 Å². The van der Waals surface area contributed by atoms with Crippen LogP contribution >= 0.6 is 0 Å². The third-order valence-electron chi connectivity index (χ3n) is 3.43. The predicted octanol–water partition coefficient (Wildman–Crippen LogP) is 2.05. The number of fused-ring (bicyclic) bond motifs is 1. The summed E-state index contributed by atoms with van der Waals surface area (Å²) in [5.74, 6) is 0.0726. The van der Waals surface area contributed by atoms with Crippen LogP contribution in [0.4, 0.5) is 0 Å². The Morgan fingerprint density at radius 3 is 2.21 bits per heavy atom. The fourth-order valence-corrected chi connectivity index (χ4v) is 2.58. The monoisotopic (exact) mass is 260 g/mol. The lowest BCUT2D eigenvalue weighted by molar-refractivity contribution is -0.124. The minimum atomic E-state index is -0.175. The molecular formula is C16H24N2O. The van der Waals surface area contributed by atoms with Gasteiger partial charge in [-0.1, -0.05) is 24.3 Å².